The summed E-state index contributed by atoms with van der Waals surface area (Å²) in [6.45, 7) is 2.08. The molecule has 128 valence electrons. The fraction of sp³-hybridized carbons (Fsp3) is 0.312. The van der Waals surface area contributed by atoms with Gasteiger partial charge in [-0.2, -0.15) is 0 Å². The number of carbonyl (C=O) groups is 1. The van der Waals surface area contributed by atoms with Gasteiger partial charge in [-0.05, 0) is 66.5 Å². The predicted molar refractivity (Wildman–Crippen MR) is 94.1 cm³/mol. The van der Waals surface area contributed by atoms with Crippen molar-refractivity contribution in [1.29, 1.82) is 0 Å². The van der Waals surface area contributed by atoms with Crippen LogP contribution in [-0.4, -0.2) is 44.2 Å². The molecule has 25 heavy (non-hydrogen) atoms. The van der Waals surface area contributed by atoms with Crippen LogP contribution in [0.4, 0.5) is 5.13 Å². The quantitative estimate of drug-likeness (QED) is 0.741. The fourth-order valence-corrected chi connectivity index (χ4v) is 3.83. The van der Waals surface area contributed by atoms with E-state index in [1.807, 2.05) is 6.20 Å². The zero-order valence-corrected chi connectivity index (χ0v) is 14.2. The largest absolute Gasteiger partial charge is 0.317 e. The molecule has 0 spiro atoms. The Morgan fingerprint density at radius 3 is 2.76 bits per heavy atom. The second-order valence-corrected chi connectivity index (χ2v) is 6.91. The van der Waals surface area contributed by atoms with Gasteiger partial charge < -0.3 is 5.32 Å². The topological polar surface area (TPSA) is 97.6 Å². The number of rotatable bonds is 4. The normalized spacial score (nSPS) is 15.2. The third-order valence-corrected chi connectivity index (χ3v) is 5.30. The molecule has 0 radical (unpaired) electrons. The van der Waals surface area contributed by atoms with Crippen molar-refractivity contribution in [3.63, 3.8) is 0 Å². The Morgan fingerprint density at radius 2 is 2.04 bits per heavy atom. The Morgan fingerprint density at radius 1 is 1.24 bits per heavy atom. The van der Waals surface area contributed by atoms with Crippen LogP contribution in [-0.2, 0) is 0 Å². The second-order valence-electron chi connectivity index (χ2n) is 5.85. The van der Waals surface area contributed by atoms with E-state index in [1.54, 1.807) is 35.6 Å². The number of aromatic nitrogens is 5. The molecule has 2 N–H and O–H groups in total. The Balaban J connectivity index is 1.42. The van der Waals surface area contributed by atoms with Crippen LogP contribution >= 0.6 is 11.3 Å². The first kappa shape index (κ1) is 15.9. The molecule has 1 aliphatic rings. The van der Waals surface area contributed by atoms with E-state index in [1.165, 1.54) is 15.9 Å². The van der Waals surface area contributed by atoms with Gasteiger partial charge in [0, 0.05) is 16.6 Å². The SMILES string of the molecule is O=C(Nc1ncc(C2CCNCC2)s1)c1ccc(-n2cnnn2)cc1. The zero-order valence-electron chi connectivity index (χ0n) is 13.4. The monoisotopic (exact) mass is 355 g/mol. The van der Waals surface area contributed by atoms with Gasteiger partial charge in [-0.1, -0.05) is 0 Å². The Hall–Kier alpha value is -2.65. The first-order valence-electron chi connectivity index (χ1n) is 8.11. The summed E-state index contributed by atoms with van der Waals surface area (Å²) in [6.07, 6.45) is 5.63. The third kappa shape index (κ3) is 3.57. The third-order valence-electron chi connectivity index (χ3n) is 4.23. The van der Waals surface area contributed by atoms with Crippen LogP contribution in [0.1, 0.15) is 34.0 Å². The summed E-state index contributed by atoms with van der Waals surface area (Å²) in [5.74, 6) is 0.370. The van der Waals surface area contributed by atoms with Crippen LogP contribution in [0.25, 0.3) is 5.69 Å². The number of nitrogens with one attached hydrogen (secondary N) is 2. The summed E-state index contributed by atoms with van der Waals surface area (Å²) in [4.78, 5) is 18.0. The van der Waals surface area contributed by atoms with Crippen molar-refractivity contribution in [2.45, 2.75) is 18.8 Å². The lowest BCUT2D eigenvalue weighted by Crippen LogP contribution is -2.26. The van der Waals surface area contributed by atoms with Gasteiger partial charge in [-0.25, -0.2) is 9.67 Å². The van der Waals surface area contributed by atoms with Crippen molar-refractivity contribution < 1.29 is 4.79 Å². The molecule has 1 aromatic carbocycles. The Kier molecular flexibility index (Phi) is 4.49. The molecule has 0 atom stereocenters. The lowest BCUT2D eigenvalue weighted by molar-refractivity contribution is 0.102. The van der Waals surface area contributed by atoms with Crippen LogP contribution in [0, 0.1) is 0 Å². The summed E-state index contributed by atoms with van der Waals surface area (Å²) in [7, 11) is 0. The van der Waals surface area contributed by atoms with Gasteiger partial charge >= 0.3 is 0 Å². The van der Waals surface area contributed by atoms with E-state index < -0.39 is 0 Å². The smallest absolute Gasteiger partial charge is 0.257 e. The van der Waals surface area contributed by atoms with Crippen molar-refractivity contribution in [3.8, 4) is 5.69 Å². The highest BCUT2D eigenvalue weighted by Crippen LogP contribution is 2.31. The van der Waals surface area contributed by atoms with E-state index in [4.69, 9.17) is 0 Å². The summed E-state index contributed by atoms with van der Waals surface area (Å²) in [5.41, 5.74) is 1.36. The molecule has 4 rings (SSSR count). The summed E-state index contributed by atoms with van der Waals surface area (Å²) in [6, 6.07) is 7.09. The maximum atomic E-state index is 12.4. The van der Waals surface area contributed by atoms with Crippen LogP contribution in [0.15, 0.2) is 36.8 Å². The molecule has 8 nitrogen and oxygen atoms in total. The van der Waals surface area contributed by atoms with E-state index in [2.05, 4.69) is 31.1 Å². The molecule has 9 heteroatoms. The van der Waals surface area contributed by atoms with E-state index in [0.717, 1.165) is 31.6 Å². The van der Waals surface area contributed by atoms with Gasteiger partial charge in [0.1, 0.15) is 6.33 Å². The number of hydrogen-bond donors (Lipinski definition) is 2. The van der Waals surface area contributed by atoms with Crippen LogP contribution in [0.3, 0.4) is 0 Å². The Labute approximate surface area is 148 Å². The molecule has 0 aliphatic carbocycles. The molecule has 1 amide bonds. The lowest BCUT2D eigenvalue weighted by atomic mass is 9.97. The maximum Gasteiger partial charge on any atom is 0.257 e. The number of carbonyl (C=O) groups excluding carboxylic acids is 1. The van der Waals surface area contributed by atoms with Crippen LogP contribution < -0.4 is 10.6 Å². The van der Waals surface area contributed by atoms with E-state index in [0.29, 0.717) is 16.6 Å². The first-order valence-corrected chi connectivity index (χ1v) is 8.92. The molecule has 0 bridgehead atoms. The average Bonchev–Trinajstić information content (AvgIpc) is 3.35. The number of thiazole rings is 1. The van der Waals surface area contributed by atoms with Gasteiger partial charge in [0.05, 0.1) is 5.69 Å². The fourth-order valence-electron chi connectivity index (χ4n) is 2.85. The first-order chi connectivity index (χ1) is 12.3. The molecule has 0 unspecified atom stereocenters. The zero-order chi connectivity index (χ0) is 17.1. The van der Waals surface area contributed by atoms with E-state index in [9.17, 15) is 4.79 Å². The average molecular weight is 355 g/mol. The van der Waals surface area contributed by atoms with Gasteiger partial charge in [0.15, 0.2) is 5.13 Å². The maximum absolute atomic E-state index is 12.4. The second kappa shape index (κ2) is 7.08. The van der Waals surface area contributed by atoms with Crippen molar-refractivity contribution in [2.75, 3.05) is 18.4 Å². The minimum absolute atomic E-state index is 0.172. The minimum atomic E-state index is -0.172. The highest BCUT2D eigenvalue weighted by atomic mass is 32.1. The minimum Gasteiger partial charge on any atom is -0.317 e. The molecule has 3 heterocycles. The number of amides is 1. The standard InChI is InChI=1S/C16H17N7OS/c24-15(12-1-3-13(4-2-12)23-10-19-21-22-23)20-16-18-9-14(25-16)11-5-7-17-8-6-11/h1-4,9-11,17H,5-8H2,(H,18,20,24). The molecule has 2 aromatic heterocycles. The number of tetrazole rings is 1. The number of anilines is 1. The van der Waals surface area contributed by atoms with Crippen molar-refractivity contribution in [1.82, 2.24) is 30.5 Å². The lowest BCUT2D eigenvalue weighted by Gasteiger charge is -2.20. The van der Waals surface area contributed by atoms with Crippen molar-refractivity contribution in [2.24, 2.45) is 0 Å². The van der Waals surface area contributed by atoms with E-state index in [-0.39, 0.29) is 5.91 Å². The van der Waals surface area contributed by atoms with Gasteiger partial charge in [-0.15, -0.1) is 16.4 Å². The highest BCUT2D eigenvalue weighted by molar-refractivity contribution is 7.15. The van der Waals surface area contributed by atoms with Crippen molar-refractivity contribution in [3.05, 3.63) is 47.2 Å². The molecule has 1 aliphatic heterocycles. The summed E-state index contributed by atoms with van der Waals surface area (Å²) in [5, 5.41) is 17.9. The number of piperidine rings is 1. The van der Waals surface area contributed by atoms with Gasteiger partial charge in [-0.3, -0.25) is 10.1 Å². The van der Waals surface area contributed by atoms with Crippen LogP contribution in [0.5, 0.6) is 0 Å². The molecular formula is C16H17N7OS. The number of nitrogens with zero attached hydrogens (tertiary/aromatic N) is 5. The molecule has 0 saturated carbocycles. The number of benzene rings is 1. The van der Waals surface area contributed by atoms with Gasteiger partial charge in [0.25, 0.3) is 5.91 Å². The Bertz CT molecular complexity index is 838. The summed E-state index contributed by atoms with van der Waals surface area (Å²) >= 11 is 1.56. The highest BCUT2D eigenvalue weighted by Gasteiger charge is 2.18. The predicted octanol–water partition coefficient (Wildman–Crippen LogP) is 1.84. The molecule has 1 saturated heterocycles. The van der Waals surface area contributed by atoms with Gasteiger partial charge in [0.2, 0.25) is 0 Å². The van der Waals surface area contributed by atoms with E-state index >= 15 is 0 Å². The molecule has 3 aromatic rings. The molecule has 1 fully saturated rings. The van der Waals surface area contributed by atoms with Crippen molar-refractivity contribution >= 4 is 22.4 Å². The van der Waals surface area contributed by atoms with Crippen LogP contribution in [0.2, 0.25) is 0 Å². The molecular weight excluding hydrogens is 338 g/mol. The number of hydrogen-bond acceptors (Lipinski definition) is 7. The summed E-state index contributed by atoms with van der Waals surface area (Å²) < 4.78 is 1.54.